The number of likely N-dealkylation sites (N-methyl/N-ethyl adjacent to an activating group) is 1. The number of ether oxygens (including phenoxy) is 1. The molecule has 3 rings (SSSR count). The van der Waals surface area contributed by atoms with Crippen molar-refractivity contribution in [2.45, 2.75) is 26.7 Å². The molecule has 1 aliphatic rings. The number of aromatic amines is 1. The van der Waals surface area contributed by atoms with Gasteiger partial charge in [0.05, 0.1) is 11.2 Å². The molecule has 2 aromatic rings. The SMILES string of the molecule is CCN(CC)CCOc1ccc2[nH]c(=O)c3c(c2c1)NCCC3. The Kier molecular flexibility index (Phi) is 4.86. The van der Waals surface area contributed by atoms with Gasteiger partial charge < -0.3 is 19.9 Å². The van der Waals surface area contributed by atoms with Crippen LogP contribution in [0.3, 0.4) is 0 Å². The highest BCUT2D eigenvalue weighted by atomic mass is 16.5. The number of aromatic nitrogens is 1. The Labute approximate surface area is 136 Å². The maximum atomic E-state index is 12.1. The first kappa shape index (κ1) is 15.9. The van der Waals surface area contributed by atoms with Crippen molar-refractivity contribution in [3.8, 4) is 5.75 Å². The van der Waals surface area contributed by atoms with Gasteiger partial charge in [0.25, 0.3) is 5.56 Å². The predicted octanol–water partition coefficient (Wildman–Crippen LogP) is 2.61. The van der Waals surface area contributed by atoms with Gasteiger partial charge in [-0.3, -0.25) is 4.79 Å². The zero-order valence-electron chi connectivity index (χ0n) is 13.9. The standard InChI is InChI=1S/C18H25N3O2/c1-3-21(4-2)10-11-23-13-7-8-16-15(12-13)17-14(18(22)20-16)6-5-9-19-17/h7-8,12,19H,3-6,9-11H2,1-2H3,(H,20,22). The smallest absolute Gasteiger partial charge is 0.253 e. The molecule has 5 heteroatoms. The lowest BCUT2D eigenvalue weighted by Crippen LogP contribution is -2.27. The number of H-pyrrole nitrogens is 1. The zero-order valence-corrected chi connectivity index (χ0v) is 13.9. The summed E-state index contributed by atoms with van der Waals surface area (Å²) in [6, 6.07) is 5.89. The van der Waals surface area contributed by atoms with Crippen LogP contribution in [-0.4, -0.2) is 42.7 Å². The number of fused-ring (bicyclic) bond motifs is 3. The lowest BCUT2D eigenvalue weighted by Gasteiger charge is -2.20. The molecule has 1 aromatic heterocycles. The van der Waals surface area contributed by atoms with Gasteiger partial charge in [-0.15, -0.1) is 0 Å². The van der Waals surface area contributed by atoms with Crippen LogP contribution in [0.15, 0.2) is 23.0 Å². The van der Waals surface area contributed by atoms with Crippen molar-refractivity contribution in [2.24, 2.45) is 0 Å². The number of nitrogens with one attached hydrogen (secondary N) is 2. The second kappa shape index (κ2) is 7.04. The van der Waals surface area contributed by atoms with E-state index < -0.39 is 0 Å². The van der Waals surface area contributed by atoms with E-state index in [1.165, 1.54) is 0 Å². The molecule has 0 unspecified atom stereocenters. The molecule has 1 aromatic carbocycles. The molecule has 1 aliphatic heterocycles. The Morgan fingerprint density at radius 3 is 2.87 bits per heavy atom. The summed E-state index contributed by atoms with van der Waals surface area (Å²) in [6.45, 7) is 8.91. The van der Waals surface area contributed by atoms with E-state index in [9.17, 15) is 4.79 Å². The fraction of sp³-hybridized carbons (Fsp3) is 0.500. The van der Waals surface area contributed by atoms with Crippen LogP contribution >= 0.6 is 0 Å². The van der Waals surface area contributed by atoms with Crippen LogP contribution in [0.5, 0.6) is 5.75 Å². The Balaban J connectivity index is 1.83. The van der Waals surface area contributed by atoms with E-state index in [0.717, 1.165) is 66.9 Å². The summed E-state index contributed by atoms with van der Waals surface area (Å²) in [5.41, 5.74) is 2.72. The van der Waals surface area contributed by atoms with Crippen molar-refractivity contribution in [3.05, 3.63) is 34.1 Å². The number of benzene rings is 1. The molecular formula is C18H25N3O2. The number of rotatable bonds is 6. The molecule has 5 nitrogen and oxygen atoms in total. The van der Waals surface area contributed by atoms with Crippen LogP contribution in [0.1, 0.15) is 25.8 Å². The Hall–Kier alpha value is -2.01. The normalized spacial score (nSPS) is 13.9. The van der Waals surface area contributed by atoms with Gasteiger partial charge in [0.15, 0.2) is 0 Å². The molecule has 2 heterocycles. The first-order valence-electron chi connectivity index (χ1n) is 8.50. The second-order valence-electron chi connectivity index (χ2n) is 5.92. The van der Waals surface area contributed by atoms with E-state index in [1.807, 2.05) is 18.2 Å². The summed E-state index contributed by atoms with van der Waals surface area (Å²) in [5.74, 6) is 0.853. The third-order valence-corrected chi connectivity index (χ3v) is 4.56. The number of hydrogen-bond acceptors (Lipinski definition) is 4. The van der Waals surface area contributed by atoms with Crippen LogP contribution in [0.25, 0.3) is 10.9 Å². The minimum Gasteiger partial charge on any atom is -0.492 e. The summed E-state index contributed by atoms with van der Waals surface area (Å²) in [6.07, 6.45) is 1.84. The van der Waals surface area contributed by atoms with Gasteiger partial charge in [-0.05, 0) is 44.1 Å². The molecule has 0 saturated carbocycles. The molecule has 2 N–H and O–H groups in total. The molecule has 0 radical (unpaired) electrons. The fourth-order valence-corrected chi connectivity index (χ4v) is 3.15. The third kappa shape index (κ3) is 3.34. The zero-order chi connectivity index (χ0) is 16.2. The first-order chi connectivity index (χ1) is 11.2. The van der Waals surface area contributed by atoms with E-state index in [0.29, 0.717) is 6.61 Å². The summed E-state index contributed by atoms with van der Waals surface area (Å²) in [5, 5.41) is 4.42. The van der Waals surface area contributed by atoms with Gasteiger partial charge in [-0.25, -0.2) is 0 Å². The molecule has 23 heavy (non-hydrogen) atoms. The fourth-order valence-electron chi connectivity index (χ4n) is 3.15. The molecule has 0 saturated heterocycles. The van der Waals surface area contributed by atoms with Crippen LogP contribution in [0.4, 0.5) is 5.69 Å². The van der Waals surface area contributed by atoms with Crippen molar-refractivity contribution >= 4 is 16.6 Å². The largest absolute Gasteiger partial charge is 0.492 e. The van der Waals surface area contributed by atoms with Gasteiger partial charge in [0.1, 0.15) is 12.4 Å². The van der Waals surface area contributed by atoms with Crippen molar-refractivity contribution in [2.75, 3.05) is 38.1 Å². The molecule has 0 bridgehead atoms. The quantitative estimate of drug-likeness (QED) is 0.860. The first-order valence-corrected chi connectivity index (χ1v) is 8.50. The summed E-state index contributed by atoms with van der Waals surface area (Å²) in [4.78, 5) is 17.5. The Morgan fingerprint density at radius 2 is 2.09 bits per heavy atom. The molecule has 0 spiro atoms. The van der Waals surface area contributed by atoms with E-state index in [-0.39, 0.29) is 5.56 Å². The van der Waals surface area contributed by atoms with Gasteiger partial charge in [-0.1, -0.05) is 13.8 Å². The summed E-state index contributed by atoms with van der Waals surface area (Å²) in [7, 11) is 0. The second-order valence-corrected chi connectivity index (χ2v) is 5.92. The van der Waals surface area contributed by atoms with Crippen LogP contribution in [0.2, 0.25) is 0 Å². The Bertz CT molecular complexity index is 735. The monoisotopic (exact) mass is 315 g/mol. The van der Waals surface area contributed by atoms with Crippen LogP contribution in [-0.2, 0) is 6.42 Å². The van der Waals surface area contributed by atoms with Gasteiger partial charge in [-0.2, -0.15) is 0 Å². The topological polar surface area (TPSA) is 57.4 Å². The maximum Gasteiger partial charge on any atom is 0.253 e. The predicted molar refractivity (Wildman–Crippen MR) is 94.7 cm³/mol. The summed E-state index contributed by atoms with van der Waals surface area (Å²) < 4.78 is 5.91. The highest BCUT2D eigenvalue weighted by Crippen LogP contribution is 2.30. The summed E-state index contributed by atoms with van der Waals surface area (Å²) >= 11 is 0. The van der Waals surface area contributed by atoms with E-state index >= 15 is 0 Å². The Morgan fingerprint density at radius 1 is 1.26 bits per heavy atom. The highest BCUT2D eigenvalue weighted by molar-refractivity contribution is 5.94. The van der Waals surface area contributed by atoms with Crippen molar-refractivity contribution in [1.82, 2.24) is 9.88 Å². The molecule has 124 valence electrons. The number of pyridine rings is 1. The van der Waals surface area contributed by atoms with Crippen molar-refractivity contribution in [1.29, 1.82) is 0 Å². The van der Waals surface area contributed by atoms with Gasteiger partial charge >= 0.3 is 0 Å². The van der Waals surface area contributed by atoms with Crippen LogP contribution in [0, 0.1) is 0 Å². The van der Waals surface area contributed by atoms with E-state index in [2.05, 4.69) is 29.0 Å². The van der Waals surface area contributed by atoms with Crippen molar-refractivity contribution < 1.29 is 4.74 Å². The lowest BCUT2D eigenvalue weighted by atomic mass is 10.0. The van der Waals surface area contributed by atoms with Gasteiger partial charge in [0, 0.05) is 24.0 Å². The number of hydrogen-bond donors (Lipinski definition) is 2. The minimum absolute atomic E-state index is 0.0231. The average Bonchev–Trinajstić information content (AvgIpc) is 2.59. The van der Waals surface area contributed by atoms with Crippen molar-refractivity contribution in [3.63, 3.8) is 0 Å². The molecule has 0 aliphatic carbocycles. The van der Waals surface area contributed by atoms with E-state index in [1.54, 1.807) is 0 Å². The molecular weight excluding hydrogens is 290 g/mol. The number of nitrogens with zero attached hydrogens (tertiary/aromatic N) is 1. The maximum absolute atomic E-state index is 12.1. The van der Waals surface area contributed by atoms with Crippen LogP contribution < -0.4 is 15.6 Å². The molecule has 0 fully saturated rings. The minimum atomic E-state index is 0.0231. The molecule has 0 atom stereocenters. The van der Waals surface area contributed by atoms with E-state index in [4.69, 9.17) is 4.74 Å². The average molecular weight is 315 g/mol. The lowest BCUT2D eigenvalue weighted by molar-refractivity contribution is 0.223. The molecule has 0 amide bonds. The third-order valence-electron chi connectivity index (χ3n) is 4.56. The van der Waals surface area contributed by atoms with Gasteiger partial charge in [0.2, 0.25) is 0 Å². The highest BCUT2D eigenvalue weighted by Gasteiger charge is 2.16. The number of anilines is 1.